The second-order valence-electron chi connectivity index (χ2n) is 7.07. The quantitative estimate of drug-likeness (QED) is 0.481. The highest BCUT2D eigenvalue weighted by atomic mass is 16.1. The zero-order chi connectivity index (χ0) is 20.5. The summed E-state index contributed by atoms with van der Waals surface area (Å²) in [5.74, 6) is 0.979. The smallest absolute Gasteiger partial charge is 0.256 e. The number of aryl methyl sites for hydroxylation is 1. The van der Waals surface area contributed by atoms with E-state index in [1.165, 1.54) is 0 Å². The van der Waals surface area contributed by atoms with Gasteiger partial charge in [-0.15, -0.1) is 0 Å². The van der Waals surface area contributed by atoms with Crippen LogP contribution in [0.2, 0.25) is 0 Å². The topological polar surface area (TPSA) is 127 Å². The molecule has 0 aliphatic carbocycles. The maximum Gasteiger partial charge on any atom is 0.256 e. The van der Waals surface area contributed by atoms with Crippen LogP contribution in [0.5, 0.6) is 0 Å². The van der Waals surface area contributed by atoms with Crippen molar-refractivity contribution in [2.24, 2.45) is 5.73 Å². The van der Waals surface area contributed by atoms with Crippen LogP contribution in [-0.4, -0.2) is 35.9 Å². The van der Waals surface area contributed by atoms with Crippen molar-refractivity contribution < 1.29 is 4.79 Å². The normalized spacial score (nSPS) is 11.3. The van der Waals surface area contributed by atoms with E-state index in [-0.39, 0.29) is 11.9 Å². The van der Waals surface area contributed by atoms with Gasteiger partial charge in [0, 0.05) is 23.0 Å². The number of carbonyl (C=O) groups excluding carboxylic acids is 1. The summed E-state index contributed by atoms with van der Waals surface area (Å²) in [6.45, 7) is 6.23. The van der Waals surface area contributed by atoms with Crippen LogP contribution in [0.15, 0.2) is 36.5 Å². The molecule has 9 heteroatoms. The zero-order valence-corrected chi connectivity index (χ0v) is 16.5. The van der Waals surface area contributed by atoms with Gasteiger partial charge in [0.25, 0.3) is 5.91 Å². The van der Waals surface area contributed by atoms with Gasteiger partial charge in [0.15, 0.2) is 11.5 Å². The van der Waals surface area contributed by atoms with Crippen LogP contribution in [0.3, 0.4) is 0 Å². The van der Waals surface area contributed by atoms with Crippen LogP contribution in [-0.2, 0) is 6.54 Å². The van der Waals surface area contributed by atoms with E-state index in [1.807, 2.05) is 49.7 Å². The summed E-state index contributed by atoms with van der Waals surface area (Å²) in [5.41, 5.74) is 9.08. The van der Waals surface area contributed by atoms with Crippen LogP contribution < -0.4 is 11.1 Å². The van der Waals surface area contributed by atoms with Gasteiger partial charge in [0.05, 0.1) is 23.7 Å². The molecular formula is C20H22N8O. The van der Waals surface area contributed by atoms with Gasteiger partial charge in [-0.2, -0.15) is 10.2 Å². The number of aromatic amines is 1. The van der Waals surface area contributed by atoms with Gasteiger partial charge >= 0.3 is 0 Å². The molecule has 0 spiro atoms. The molecule has 1 aromatic carbocycles. The number of benzene rings is 1. The molecule has 0 unspecified atom stereocenters. The van der Waals surface area contributed by atoms with E-state index in [4.69, 9.17) is 5.73 Å². The van der Waals surface area contributed by atoms with E-state index in [0.717, 1.165) is 16.6 Å². The van der Waals surface area contributed by atoms with Crippen LogP contribution >= 0.6 is 0 Å². The minimum atomic E-state index is -0.208. The van der Waals surface area contributed by atoms with Crippen molar-refractivity contribution in [1.82, 2.24) is 29.9 Å². The molecule has 0 fully saturated rings. The summed E-state index contributed by atoms with van der Waals surface area (Å²) < 4.78 is 1.82. The number of aromatic nitrogens is 6. The number of hydrogen-bond donors (Lipinski definition) is 3. The van der Waals surface area contributed by atoms with Crippen LogP contribution in [0, 0.1) is 6.92 Å². The zero-order valence-electron chi connectivity index (χ0n) is 16.5. The van der Waals surface area contributed by atoms with Gasteiger partial charge in [0.1, 0.15) is 5.82 Å². The van der Waals surface area contributed by atoms with E-state index in [1.54, 1.807) is 12.3 Å². The van der Waals surface area contributed by atoms with Crippen molar-refractivity contribution in [1.29, 1.82) is 0 Å². The third-order valence-electron chi connectivity index (χ3n) is 4.55. The Morgan fingerprint density at radius 2 is 2.00 bits per heavy atom. The SMILES string of the molecule is Cc1cc(C(=O)Nc2ccc(-c3n[nH]c(CN)n3)cc2)c2cnn(C(C)C)c2n1. The molecule has 0 saturated carbocycles. The number of H-pyrrole nitrogens is 1. The van der Waals surface area contributed by atoms with Crippen molar-refractivity contribution in [3.63, 3.8) is 0 Å². The molecule has 4 rings (SSSR count). The largest absolute Gasteiger partial charge is 0.324 e. The monoisotopic (exact) mass is 390 g/mol. The first-order valence-electron chi connectivity index (χ1n) is 9.34. The molecule has 0 aliphatic rings. The predicted molar refractivity (Wildman–Crippen MR) is 110 cm³/mol. The first-order valence-corrected chi connectivity index (χ1v) is 9.34. The number of pyridine rings is 1. The van der Waals surface area contributed by atoms with Crippen molar-refractivity contribution >= 4 is 22.6 Å². The fourth-order valence-electron chi connectivity index (χ4n) is 3.13. The lowest BCUT2D eigenvalue weighted by Gasteiger charge is -2.10. The standard InChI is InChI=1S/C20H22N8O/c1-11(2)28-19-16(10-22-28)15(8-12(3)23-19)20(29)24-14-6-4-13(5-7-14)18-25-17(9-21)26-27-18/h4-8,10-11H,9,21H2,1-3H3,(H,24,29)(H,25,26,27). The Kier molecular flexibility index (Phi) is 4.81. The average molecular weight is 390 g/mol. The Morgan fingerprint density at radius 3 is 2.66 bits per heavy atom. The summed E-state index contributed by atoms with van der Waals surface area (Å²) in [6.07, 6.45) is 1.69. The molecule has 0 saturated heterocycles. The molecule has 1 amide bonds. The van der Waals surface area contributed by atoms with E-state index in [2.05, 4.69) is 30.6 Å². The Balaban J connectivity index is 1.59. The molecule has 4 aromatic rings. The highest BCUT2D eigenvalue weighted by molar-refractivity contribution is 6.12. The molecular weight excluding hydrogens is 368 g/mol. The van der Waals surface area contributed by atoms with E-state index >= 15 is 0 Å². The summed E-state index contributed by atoms with van der Waals surface area (Å²) in [6, 6.07) is 9.26. The molecule has 0 bridgehead atoms. The molecule has 0 aliphatic heterocycles. The first-order chi connectivity index (χ1) is 14.0. The van der Waals surface area contributed by atoms with E-state index in [9.17, 15) is 4.79 Å². The maximum absolute atomic E-state index is 12.9. The molecule has 4 N–H and O–H groups in total. The minimum Gasteiger partial charge on any atom is -0.324 e. The van der Waals surface area contributed by atoms with Crippen molar-refractivity contribution in [3.05, 3.63) is 53.6 Å². The summed E-state index contributed by atoms with van der Waals surface area (Å²) in [5, 5.41) is 15.0. The van der Waals surface area contributed by atoms with Crippen molar-refractivity contribution in [2.75, 3.05) is 5.32 Å². The van der Waals surface area contributed by atoms with Gasteiger partial charge in [-0.3, -0.25) is 9.89 Å². The van der Waals surface area contributed by atoms with Gasteiger partial charge in [-0.25, -0.2) is 14.6 Å². The second-order valence-corrected chi connectivity index (χ2v) is 7.07. The van der Waals surface area contributed by atoms with Gasteiger partial charge in [-0.05, 0) is 51.1 Å². The van der Waals surface area contributed by atoms with Gasteiger partial charge in [-0.1, -0.05) is 0 Å². The fraction of sp³-hybridized carbons (Fsp3) is 0.250. The number of amides is 1. The lowest BCUT2D eigenvalue weighted by atomic mass is 10.1. The molecule has 3 aromatic heterocycles. The number of anilines is 1. The molecule has 0 radical (unpaired) electrons. The number of hydrogen-bond acceptors (Lipinski definition) is 6. The first kappa shape index (κ1) is 18.8. The Morgan fingerprint density at radius 1 is 1.24 bits per heavy atom. The third-order valence-corrected chi connectivity index (χ3v) is 4.55. The lowest BCUT2D eigenvalue weighted by molar-refractivity contribution is 0.102. The van der Waals surface area contributed by atoms with Gasteiger partial charge in [0.2, 0.25) is 0 Å². The van der Waals surface area contributed by atoms with Crippen molar-refractivity contribution in [2.45, 2.75) is 33.4 Å². The predicted octanol–water partition coefficient (Wildman–Crippen LogP) is 2.82. The van der Waals surface area contributed by atoms with Crippen LogP contribution in [0.25, 0.3) is 22.4 Å². The molecule has 9 nitrogen and oxygen atoms in total. The number of carbonyl (C=O) groups is 1. The molecule has 0 atom stereocenters. The Hall–Kier alpha value is -3.59. The number of nitrogens with one attached hydrogen (secondary N) is 2. The van der Waals surface area contributed by atoms with Gasteiger partial charge < -0.3 is 11.1 Å². The minimum absolute atomic E-state index is 0.153. The summed E-state index contributed by atoms with van der Waals surface area (Å²) in [7, 11) is 0. The Bertz CT molecular complexity index is 1170. The fourth-order valence-corrected chi connectivity index (χ4v) is 3.13. The van der Waals surface area contributed by atoms with Crippen LogP contribution in [0.4, 0.5) is 5.69 Å². The number of nitrogens with two attached hydrogens (primary N) is 1. The molecule has 3 heterocycles. The summed E-state index contributed by atoms with van der Waals surface area (Å²) in [4.78, 5) is 21.8. The second kappa shape index (κ2) is 7.44. The van der Waals surface area contributed by atoms with E-state index < -0.39 is 0 Å². The molecule has 29 heavy (non-hydrogen) atoms. The highest BCUT2D eigenvalue weighted by Crippen LogP contribution is 2.23. The average Bonchev–Trinajstić information content (AvgIpc) is 3.34. The highest BCUT2D eigenvalue weighted by Gasteiger charge is 2.17. The van der Waals surface area contributed by atoms with Crippen LogP contribution in [0.1, 0.15) is 41.8 Å². The Labute approximate surface area is 167 Å². The molecule has 148 valence electrons. The number of fused-ring (bicyclic) bond motifs is 1. The number of rotatable bonds is 5. The van der Waals surface area contributed by atoms with E-state index in [0.29, 0.717) is 35.1 Å². The lowest BCUT2D eigenvalue weighted by Crippen LogP contribution is -2.13. The van der Waals surface area contributed by atoms with Crippen molar-refractivity contribution in [3.8, 4) is 11.4 Å². The number of nitrogens with zero attached hydrogens (tertiary/aromatic N) is 5. The summed E-state index contributed by atoms with van der Waals surface area (Å²) >= 11 is 0. The third kappa shape index (κ3) is 3.59. The maximum atomic E-state index is 12.9.